The second kappa shape index (κ2) is 6.08. The van der Waals surface area contributed by atoms with Crippen molar-refractivity contribution in [3.8, 4) is 0 Å². The van der Waals surface area contributed by atoms with Crippen molar-refractivity contribution < 1.29 is 13.9 Å². The summed E-state index contributed by atoms with van der Waals surface area (Å²) in [6.45, 7) is 1.42. The standard InChI is InChI=1S/C14H16ClFN2O2.ClH/c15-10-7-9(1-2-11(10)16)12-8-18(5-6-20-12)13(19)14(17)3-4-14;/h1-2,7,12H,3-6,8,17H2;1H. The Morgan fingerprint density at radius 1 is 1.48 bits per heavy atom. The lowest BCUT2D eigenvalue weighted by atomic mass is 10.1. The van der Waals surface area contributed by atoms with Gasteiger partial charge in [0, 0.05) is 6.54 Å². The fraction of sp³-hybridized carbons (Fsp3) is 0.500. The van der Waals surface area contributed by atoms with Gasteiger partial charge in [-0.2, -0.15) is 0 Å². The highest BCUT2D eigenvalue weighted by atomic mass is 35.5. The van der Waals surface area contributed by atoms with Crippen LogP contribution in [0.4, 0.5) is 4.39 Å². The molecular formula is C14H17Cl2FN2O2. The Kier molecular flexibility index (Phi) is 4.78. The van der Waals surface area contributed by atoms with E-state index in [4.69, 9.17) is 22.1 Å². The molecule has 21 heavy (non-hydrogen) atoms. The molecule has 2 fully saturated rings. The molecule has 1 saturated heterocycles. The summed E-state index contributed by atoms with van der Waals surface area (Å²) in [5.74, 6) is -0.475. The minimum Gasteiger partial charge on any atom is -0.370 e. The smallest absolute Gasteiger partial charge is 0.242 e. The monoisotopic (exact) mass is 334 g/mol. The van der Waals surface area contributed by atoms with E-state index in [9.17, 15) is 9.18 Å². The highest BCUT2D eigenvalue weighted by Crippen LogP contribution is 2.35. The van der Waals surface area contributed by atoms with Gasteiger partial charge in [-0.1, -0.05) is 17.7 Å². The van der Waals surface area contributed by atoms with Crippen molar-refractivity contribution in [2.24, 2.45) is 5.73 Å². The number of nitrogens with zero attached hydrogens (tertiary/aromatic N) is 1. The van der Waals surface area contributed by atoms with Crippen molar-refractivity contribution >= 4 is 29.9 Å². The van der Waals surface area contributed by atoms with Gasteiger partial charge in [0.1, 0.15) is 11.9 Å². The first-order valence-electron chi connectivity index (χ1n) is 6.64. The van der Waals surface area contributed by atoms with Gasteiger partial charge in [0.15, 0.2) is 0 Å². The second-order valence-corrected chi connectivity index (χ2v) is 5.85. The van der Waals surface area contributed by atoms with Crippen molar-refractivity contribution in [3.63, 3.8) is 0 Å². The third-order valence-electron chi connectivity index (χ3n) is 3.88. The highest BCUT2D eigenvalue weighted by molar-refractivity contribution is 6.30. The lowest BCUT2D eigenvalue weighted by molar-refractivity contribution is -0.141. The van der Waals surface area contributed by atoms with Gasteiger partial charge in [-0.05, 0) is 30.5 Å². The molecule has 116 valence electrons. The third-order valence-corrected chi connectivity index (χ3v) is 4.17. The van der Waals surface area contributed by atoms with Crippen molar-refractivity contribution in [1.82, 2.24) is 4.90 Å². The Hall–Kier alpha value is -0.880. The summed E-state index contributed by atoms with van der Waals surface area (Å²) in [5.41, 5.74) is 6.06. The lowest BCUT2D eigenvalue weighted by Gasteiger charge is -2.34. The van der Waals surface area contributed by atoms with E-state index >= 15 is 0 Å². The SMILES string of the molecule is Cl.NC1(C(=O)N2CCOC(c3ccc(F)c(Cl)c3)C2)CC1. The average Bonchev–Trinajstić information content (AvgIpc) is 3.20. The molecule has 1 unspecified atom stereocenters. The number of benzene rings is 1. The van der Waals surface area contributed by atoms with E-state index < -0.39 is 11.4 Å². The fourth-order valence-electron chi connectivity index (χ4n) is 2.41. The molecule has 1 amide bonds. The molecule has 7 heteroatoms. The zero-order valence-electron chi connectivity index (χ0n) is 11.4. The summed E-state index contributed by atoms with van der Waals surface area (Å²) < 4.78 is 18.8. The van der Waals surface area contributed by atoms with Crippen molar-refractivity contribution in [1.29, 1.82) is 0 Å². The van der Waals surface area contributed by atoms with Crippen LogP contribution in [0.2, 0.25) is 5.02 Å². The Morgan fingerprint density at radius 2 is 2.19 bits per heavy atom. The Balaban J connectivity index is 0.00000161. The van der Waals surface area contributed by atoms with Gasteiger partial charge in [-0.15, -0.1) is 12.4 Å². The zero-order valence-corrected chi connectivity index (χ0v) is 12.9. The lowest BCUT2D eigenvalue weighted by Crippen LogP contribution is -2.50. The van der Waals surface area contributed by atoms with Crippen LogP contribution in [0.25, 0.3) is 0 Å². The fourth-order valence-corrected chi connectivity index (χ4v) is 2.60. The molecule has 0 radical (unpaired) electrons. The van der Waals surface area contributed by atoms with Gasteiger partial charge in [0.25, 0.3) is 0 Å². The minimum atomic E-state index is -0.664. The van der Waals surface area contributed by atoms with E-state index in [0.717, 1.165) is 18.4 Å². The summed E-state index contributed by atoms with van der Waals surface area (Å²) in [6, 6.07) is 4.49. The number of ether oxygens (including phenoxy) is 1. The van der Waals surface area contributed by atoms with Crippen molar-refractivity contribution in [3.05, 3.63) is 34.6 Å². The maximum Gasteiger partial charge on any atom is 0.242 e. The quantitative estimate of drug-likeness (QED) is 0.902. The molecule has 0 bridgehead atoms. The number of hydrogen-bond acceptors (Lipinski definition) is 3. The number of hydrogen-bond donors (Lipinski definition) is 1. The van der Waals surface area contributed by atoms with Crippen molar-refractivity contribution in [2.75, 3.05) is 19.7 Å². The molecule has 1 aliphatic heterocycles. The first-order valence-corrected chi connectivity index (χ1v) is 7.02. The Labute approximate surface area is 133 Å². The third kappa shape index (κ3) is 3.31. The number of carbonyl (C=O) groups excluding carboxylic acids is 1. The zero-order chi connectivity index (χ0) is 14.3. The minimum absolute atomic E-state index is 0. The molecule has 1 aromatic rings. The van der Waals surface area contributed by atoms with Gasteiger partial charge in [-0.3, -0.25) is 4.79 Å². The molecule has 2 N–H and O–H groups in total. The number of carbonyl (C=O) groups is 1. The number of halogens is 3. The summed E-state index contributed by atoms with van der Waals surface area (Å²) in [7, 11) is 0. The molecular weight excluding hydrogens is 318 g/mol. The van der Waals surface area contributed by atoms with Crippen LogP contribution in [0, 0.1) is 5.82 Å². The van der Waals surface area contributed by atoms with E-state index in [0.29, 0.717) is 19.7 Å². The number of amides is 1. The van der Waals surface area contributed by atoms with Gasteiger partial charge in [0.05, 0.1) is 23.7 Å². The van der Waals surface area contributed by atoms with Gasteiger partial charge in [-0.25, -0.2) is 4.39 Å². The van der Waals surface area contributed by atoms with Gasteiger partial charge < -0.3 is 15.4 Å². The molecule has 1 atom stereocenters. The molecule has 0 spiro atoms. The Bertz CT molecular complexity index is 552. The predicted octanol–water partition coefficient (Wildman–Crippen LogP) is 2.29. The van der Waals surface area contributed by atoms with E-state index in [1.165, 1.54) is 6.07 Å². The topological polar surface area (TPSA) is 55.6 Å². The van der Waals surface area contributed by atoms with E-state index in [1.54, 1.807) is 17.0 Å². The molecule has 1 heterocycles. The predicted molar refractivity (Wildman–Crippen MR) is 80.1 cm³/mol. The number of rotatable bonds is 2. The maximum absolute atomic E-state index is 13.2. The summed E-state index contributed by atoms with van der Waals surface area (Å²) >= 11 is 5.78. The molecule has 0 aromatic heterocycles. The molecule has 1 saturated carbocycles. The molecule has 1 aromatic carbocycles. The Morgan fingerprint density at radius 3 is 2.81 bits per heavy atom. The van der Waals surface area contributed by atoms with Crippen LogP contribution in [-0.2, 0) is 9.53 Å². The van der Waals surface area contributed by atoms with Crippen LogP contribution >= 0.6 is 24.0 Å². The van der Waals surface area contributed by atoms with Crippen LogP contribution < -0.4 is 5.73 Å². The van der Waals surface area contributed by atoms with Gasteiger partial charge in [0.2, 0.25) is 5.91 Å². The van der Waals surface area contributed by atoms with Crippen molar-refractivity contribution in [2.45, 2.75) is 24.5 Å². The molecule has 1 aliphatic carbocycles. The highest BCUT2D eigenvalue weighted by Gasteiger charge is 2.48. The van der Waals surface area contributed by atoms with Crippen LogP contribution in [0.3, 0.4) is 0 Å². The molecule has 4 nitrogen and oxygen atoms in total. The van der Waals surface area contributed by atoms with E-state index in [2.05, 4.69) is 0 Å². The van der Waals surface area contributed by atoms with E-state index in [-0.39, 0.29) is 29.4 Å². The second-order valence-electron chi connectivity index (χ2n) is 5.44. The van der Waals surface area contributed by atoms with Crippen LogP contribution in [0.5, 0.6) is 0 Å². The summed E-state index contributed by atoms with van der Waals surface area (Å²) in [5, 5.41) is 0.0621. The molecule has 3 rings (SSSR count). The van der Waals surface area contributed by atoms with E-state index in [1.807, 2.05) is 0 Å². The van der Waals surface area contributed by atoms with Crippen LogP contribution in [0.1, 0.15) is 24.5 Å². The first kappa shape index (κ1) is 16.5. The first-order chi connectivity index (χ1) is 9.49. The maximum atomic E-state index is 13.2. The van der Waals surface area contributed by atoms with Crippen LogP contribution in [-0.4, -0.2) is 36.0 Å². The summed E-state index contributed by atoms with van der Waals surface area (Å²) in [6.07, 6.45) is 1.21. The average molecular weight is 335 g/mol. The van der Waals surface area contributed by atoms with Gasteiger partial charge >= 0.3 is 0 Å². The number of morpholine rings is 1. The summed E-state index contributed by atoms with van der Waals surface area (Å²) in [4.78, 5) is 14.0. The van der Waals surface area contributed by atoms with Crippen LogP contribution in [0.15, 0.2) is 18.2 Å². The normalized spacial score (nSPS) is 23.4. The molecule has 2 aliphatic rings. The largest absolute Gasteiger partial charge is 0.370 e. The number of nitrogens with two attached hydrogens (primary N) is 1.